The third-order valence-corrected chi connectivity index (χ3v) is 7.13. The van der Waals surface area contributed by atoms with Gasteiger partial charge in [-0.2, -0.15) is 0 Å². The number of hydrogen-bond donors (Lipinski definition) is 1. The molecule has 0 bridgehead atoms. The number of rotatable bonds is 4. The zero-order valence-electron chi connectivity index (χ0n) is 19.0. The highest BCUT2D eigenvalue weighted by molar-refractivity contribution is 6.07. The van der Waals surface area contributed by atoms with Crippen LogP contribution in [0.4, 0.5) is 0 Å². The number of pyridine rings is 1. The number of benzene rings is 2. The highest BCUT2D eigenvalue weighted by Gasteiger charge is 2.30. The Kier molecular flexibility index (Phi) is 6.38. The highest BCUT2D eigenvalue weighted by atomic mass is 16.2. The van der Waals surface area contributed by atoms with Gasteiger partial charge >= 0.3 is 0 Å². The van der Waals surface area contributed by atoms with Crippen molar-refractivity contribution in [3.63, 3.8) is 0 Å². The minimum Gasteiger partial charge on any atom is -0.349 e. The van der Waals surface area contributed by atoms with Gasteiger partial charge in [-0.15, -0.1) is 0 Å². The highest BCUT2D eigenvalue weighted by Crippen LogP contribution is 2.28. The van der Waals surface area contributed by atoms with Gasteiger partial charge in [-0.25, -0.2) is 4.98 Å². The van der Waals surface area contributed by atoms with E-state index >= 15 is 0 Å². The van der Waals surface area contributed by atoms with Crippen molar-refractivity contribution < 1.29 is 9.59 Å². The number of piperidine rings is 1. The van der Waals surface area contributed by atoms with Crippen molar-refractivity contribution in [2.75, 3.05) is 13.1 Å². The smallest absolute Gasteiger partial charge is 0.252 e. The van der Waals surface area contributed by atoms with E-state index in [0.29, 0.717) is 11.5 Å². The summed E-state index contributed by atoms with van der Waals surface area (Å²) in [5, 5.41) is 4.10. The van der Waals surface area contributed by atoms with Gasteiger partial charge in [-0.1, -0.05) is 67.8 Å². The van der Waals surface area contributed by atoms with Crippen LogP contribution in [0.2, 0.25) is 0 Å². The predicted molar refractivity (Wildman–Crippen MR) is 131 cm³/mol. The standard InChI is InChI=1S/C28H31N3O2/c32-27(29-22-15-17-31(18-16-22)28(33)21-11-5-2-6-12-21)24-19-26(20-9-3-1-4-10-20)30-25-14-8-7-13-23(24)25/h1,3-4,7-10,13-14,19,21-22H,2,5-6,11-12,15-18H2,(H,29,32). The van der Waals surface area contributed by atoms with E-state index in [0.717, 1.165) is 60.9 Å². The number of likely N-dealkylation sites (tertiary alicyclic amines) is 1. The van der Waals surface area contributed by atoms with E-state index < -0.39 is 0 Å². The number of nitrogens with one attached hydrogen (secondary N) is 1. The van der Waals surface area contributed by atoms with Crippen LogP contribution < -0.4 is 5.32 Å². The van der Waals surface area contributed by atoms with E-state index in [1.807, 2.05) is 65.6 Å². The average Bonchev–Trinajstić information content (AvgIpc) is 2.89. The number of para-hydroxylation sites is 1. The number of nitrogens with zero attached hydrogens (tertiary/aromatic N) is 2. The lowest BCUT2D eigenvalue weighted by molar-refractivity contribution is -0.137. The molecule has 0 spiro atoms. The Morgan fingerprint density at radius 2 is 1.55 bits per heavy atom. The Bertz CT molecular complexity index is 1130. The summed E-state index contributed by atoms with van der Waals surface area (Å²) in [6.45, 7) is 1.46. The van der Waals surface area contributed by atoms with Crippen LogP contribution in [0.3, 0.4) is 0 Å². The molecule has 0 radical (unpaired) electrons. The minimum atomic E-state index is -0.0668. The second-order valence-electron chi connectivity index (χ2n) is 9.35. The van der Waals surface area contributed by atoms with E-state index in [1.165, 1.54) is 19.3 Å². The maximum atomic E-state index is 13.4. The molecule has 1 aliphatic heterocycles. The van der Waals surface area contributed by atoms with Crippen LogP contribution in [0.1, 0.15) is 55.3 Å². The summed E-state index contributed by atoms with van der Waals surface area (Å²) in [7, 11) is 0. The molecule has 170 valence electrons. The van der Waals surface area contributed by atoms with Crippen molar-refractivity contribution in [3.8, 4) is 11.3 Å². The summed E-state index contributed by atoms with van der Waals surface area (Å²) < 4.78 is 0. The van der Waals surface area contributed by atoms with Crippen LogP contribution in [-0.2, 0) is 4.79 Å². The Hall–Kier alpha value is -3.21. The normalized spacial score (nSPS) is 17.8. The molecule has 5 rings (SSSR count). The molecule has 3 aromatic rings. The van der Waals surface area contributed by atoms with Crippen LogP contribution in [-0.4, -0.2) is 40.8 Å². The fourth-order valence-electron chi connectivity index (χ4n) is 5.24. The van der Waals surface area contributed by atoms with E-state index in [2.05, 4.69) is 5.32 Å². The first kappa shape index (κ1) is 21.6. The van der Waals surface area contributed by atoms with Crippen molar-refractivity contribution >= 4 is 22.7 Å². The number of carbonyl (C=O) groups is 2. The number of aromatic nitrogens is 1. The van der Waals surface area contributed by atoms with Gasteiger partial charge in [0.15, 0.2) is 0 Å². The molecule has 1 aromatic heterocycles. The topological polar surface area (TPSA) is 62.3 Å². The molecule has 1 saturated carbocycles. The summed E-state index contributed by atoms with van der Waals surface area (Å²) in [6.07, 6.45) is 7.29. The molecule has 2 aliphatic rings. The first-order chi connectivity index (χ1) is 16.2. The first-order valence-corrected chi connectivity index (χ1v) is 12.2. The van der Waals surface area contributed by atoms with Crippen molar-refractivity contribution in [3.05, 3.63) is 66.2 Å². The van der Waals surface area contributed by atoms with Gasteiger partial charge in [-0.05, 0) is 37.8 Å². The van der Waals surface area contributed by atoms with Crippen molar-refractivity contribution in [1.29, 1.82) is 0 Å². The first-order valence-electron chi connectivity index (χ1n) is 12.2. The van der Waals surface area contributed by atoms with Gasteiger partial charge in [0, 0.05) is 36.0 Å². The number of fused-ring (bicyclic) bond motifs is 1. The molecule has 1 N–H and O–H groups in total. The maximum Gasteiger partial charge on any atom is 0.252 e. The second kappa shape index (κ2) is 9.74. The zero-order valence-corrected chi connectivity index (χ0v) is 19.0. The van der Waals surface area contributed by atoms with Gasteiger partial charge in [0.25, 0.3) is 5.91 Å². The number of carbonyl (C=O) groups excluding carboxylic acids is 2. The summed E-state index contributed by atoms with van der Waals surface area (Å²) in [5.74, 6) is 0.472. The Labute approximate surface area is 195 Å². The Morgan fingerprint density at radius 3 is 2.30 bits per heavy atom. The van der Waals surface area contributed by atoms with Crippen LogP contribution in [0.15, 0.2) is 60.7 Å². The van der Waals surface area contributed by atoms with Gasteiger partial charge in [-0.3, -0.25) is 9.59 Å². The summed E-state index contributed by atoms with van der Waals surface area (Å²) in [6, 6.07) is 19.7. The lowest BCUT2D eigenvalue weighted by Gasteiger charge is -2.35. The predicted octanol–water partition coefficient (Wildman–Crippen LogP) is 5.20. The molecule has 5 heteroatoms. The largest absolute Gasteiger partial charge is 0.349 e. The second-order valence-corrected chi connectivity index (χ2v) is 9.35. The SMILES string of the molecule is O=C(NC1CCN(C(=O)C2CCCCC2)CC1)c1cc(-c2ccccc2)nc2ccccc12. The molecule has 1 aliphatic carbocycles. The van der Waals surface area contributed by atoms with E-state index in [4.69, 9.17) is 4.98 Å². The van der Waals surface area contributed by atoms with Crippen molar-refractivity contribution in [2.45, 2.75) is 51.0 Å². The number of hydrogen-bond acceptors (Lipinski definition) is 3. The van der Waals surface area contributed by atoms with Gasteiger partial charge < -0.3 is 10.2 Å². The monoisotopic (exact) mass is 441 g/mol. The van der Waals surface area contributed by atoms with E-state index in [-0.39, 0.29) is 17.9 Å². The molecule has 0 unspecified atom stereocenters. The number of amides is 2. The molecule has 33 heavy (non-hydrogen) atoms. The van der Waals surface area contributed by atoms with Gasteiger partial charge in [0.1, 0.15) is 0 Å². The molecule has 2 heterocycles. The molecule has 0 atom stereocenters. The molecule has 2 fully saturated rings. The minimum absolute atomic E-state index is 0.0668. The van der Waals surface area contributed by atoms with Crippen molar-refractivity contribution in [2.24, 2.45) is 5.92 Å². The van der Waals surface area contributed by atoms with Crippen LogP contribution in [0.25, 0.3) is 22.2 Å². The molecule has 5 nitrogen and oxygen atoms in total. The van der Waals surface area contributed by atoms with Crippen molar-refractivity contribution in [1.82, 2.24) is 15.2 Å². The molecule has 1 saturated heterocycles. The summed E-state index contributed by atoms with van der Waals surface area (Å²) in [5.41, 5.74) is 3.26. The van der Waals surface area contributed by atoms with Gasteiger partial charge in [0.05, 0.1) is 16.8 Å². The Morgan fingerprint density at radius 1 is 0.848 bits per heavy atom. The van der Waals surface area contributed by atoms with Crippen LogP contribution in [0, 0.1) is 5.92 Å². The fraction of sp³-hybridized carbons (Fsp3) is 0.393. The Balaban J connectivity index is 1.29. The van der Waals surface area contributed by atoms with Gasteiger partial charge in [0.2, 0.25) is 5.91 Å². The molecule has 2 amide bonds. The fourth-order valence-corrected chi connectivity index (χ4v) is 5.24. The zero-order chi connectivity index (χ0) is 22.6. The summed E-state index contributed by atoms with van der Waals surface area (Å²) >= 11 is 0. The third-order valence-electron chi connectivity index (χ3n) is 7.13. The molecular formula is C28H31N3O2. The quantitative estimate of drug-likeness (QED) is 0.605. The van der Waals surface area contributed by atoms with E-state index in [1.54, 1.807) is 0 Å². The maximum absolute atomic E-state index is 13.4. The summed E-state index contributed by atoms with van der Waals surface area (Å²) in [4.78, 5) is 33.0. The average molecular weight is 442 g/mol. The lowest BCUT2D eigenvalue weighted by Crippen LogP contribution is -2.48. The van der Waals surface area contributed by atoms with Crippen LogP contribution in [0.5, 0.6) is 0 Å². The molecular weight excluding hydrogens is 410 g/mol. The van der Waals surface area contributed by atoms with E-state index in [9.17, 15) is 9.59 Å². The molecule has 2 aromatic carbocycles. The third kappa shape index (κ3) is 4.77. The lowest BCUT2D eigenvalue weighted by atomic mass is 9.87. The van der Waals surface area contributed by atoms with Crippen LogP contribution >= 0.6 is 0 Å².